The van der Waals surface area contributed by atoms with Crippen LogP contribution < -0.4 is 5.32 Å². The highest BCUT2D eigenvalue weighted by Crippen LogP contribution is 2.34. The Morgan fingerprint density at radius 1 is 1.32 bits per heavy atom. The molecule has 1 aromatic carbocycles. The van der Waals surface area contributed by atoms with Gasteiger partial charge in [0.15, 0.2) is 5.01 Å². The molecule has 19 heavy (non-hydrogen) atoms. The van der Waals surface area contributed by atoms with Crippen LogP contribution in [-0.2, 0) is 0 Å². The van der Waals surface area contributed by atoms with E-state index in [9.17, 15) is 5.11 Å². The molecule has 0 aliphatic heterocycles. The molecule has 2 N–H and O–H groups in total. The van der Waals surface area contributed by atoms with Crippen LogP contribution >= 0.6 is 11.3 Å². The Morgan fingerprint density at radius 2 is 2.21 bits per heavy atom. The van der Waals surface area contributed by atoms with Gasteiger partial charge in [0.1, 0.15) is 5.75 Å². The van der Waals surface area contributed by atoms with E-state index in [-0.39, 0.29) is 5.75 Å². The average Bonchev–Trinajstić information content (AvgIpc) is 3.10. The predicted octanol–water partition coefficient (Wildman–Crippen LogP) is 2.14. The van der Waals surface area contributed by atoms with Gasteiger partial charge in [0.25, 0.3) is 0 Å². The molecule has 3 rings (SSSR count). The van der Waals surface area contributed by atoms with Crippen LogP contribution in [0, 0.1) is 0 Å². The highest BCUT2D eigenvalue weighted by atomic mass is 32.1. The molecule has 0 aliphatic rings. The van der Waals surface area contributed by atoms with Crippen molar-refractivity contribution in [2.75, 3.05) is 12.4 Å². The molecule has 0 saturated heterocycles. The van der Waals surface area contributed by atoms with E-state index in [2.05, 4.69) is 20.6 Å². The third kappa shape index (κ3) is 2.15. The lowest BCUT2D eigenvalue weighted by Crippen LogP contribution is -1.94. The number of phenols is 1. The maximum absolute atomic E-state index is 9.96. The molecule has 6 nitrogen and oxygen atoms in total. The second-order valence-electron chi connectivity index (χ2n) is 3.81. The largest absolute Gasteiger partial charge is 0.507 e. The fourth-order valence-corrected chi connectivity index (χ4v) is 2.41. The molecule has 3 aromatic rings. The number of nitrogens with zero attached hydrogens (tertiary/aromatic N) is 4. The van der Waals surface area contributed by atoms with Crippen LogP contribution in [0.5, 0.6) is 5.75 Å². The Balaban J connectivity index is 2.07. The van der Waals surface area contributed by atoms with Gasteiger partial charge in [0.05, 0.1) is 11.3 Å². The lowest BCUT2D eigenvalue weighted by Gasteiger charge is -2.05. The molecule has 0 atom stereocenters. The summed E-state index contributed by atoms with van der Waals surface area (Å²) in [6, 6.07) is 7.11. The molecular formula is C12H11N5OS. The molecule has 0 fully saturated rings. The Bertz CT molecular complexity index is 692. The van der Waals surface area contributed by atoms with Gasteiger partial charge in [0.2, 0.25) is 5.13 Å². The number of aromatic nitrogens is 4. The van der Waals surface area contributed by atoms with Crippen LogP contribution in [-0.4, -0.2) is 32.1 Å². The highest BCUT2D eigenvalue weighted by Gasteiger charge is 2.12. The molecule has 0 aliphatic carbocycles. The minimum Gasteiger partial charge on any atom is -0.507 e. The fourth-order valence-electron chi connectivity index (χ4n) is 1.69. The second kappa shape index (κ2) is 4.69. The molecule has 0 amide bonds. The van der Waals surface area contributed by atoms with Gasteiger partial charge < -0.3 is 10.4 Å². The standard InChI is InChI=1S/C12H11N5OS/c1-13-12-16-15-11(19-12)9-7-8(3-4-10(9)18)17-6-2-5-14-17/h2-7,18H,1H3,(H,13,16). The van der Waals surface area contributed by atoms with Crippen molar-refractivity contribution in [3.8, 4) is 22.0 Å². The Kier molecular flexibility index (Phi) is 2.88. The highest BCUT2D eigenvalue weighted by molar-refractivity contribution is 7.18. The lowest BCUT2D eigenvalue weighted by molar-refractivity contribution is 0.477. The molecule has 0 saturated carbocycles. The summed E-state index contributed by atoms with van der Waals surface area (Å²) in [5.74, 6) is 0.176. The summed E-state index contributed by atoms with van der Waals surface area (Å²) in [7, 11) is 1.78. The summed E-state index contributed by atoms with van der Waals surface area (Å²) in [5.41, 5.74) is 1.51. The minimum atomic E-state index is 0.176. The minimum absolute atomic E-state index is 0.176. The van der Waals surface area contributed by atoms with Crippen LogP contribution in [0.2, 0.25) is 0 Å². The van der Waals surface area contributed by atoms with Crippen molar-refractivity contribution in [1.82, 2.24) is 20.0 Å². The van der Waals surface area contributed by atoms with E-state index in [0.717, 1.165) is 5.69 Å². The Hall–Kier alpha value is -2.41. The van der Waals surface area contributed by atoms with Crippen molar-refractivity contribution in [3.63, 3.8) is 0 Å². The van der Waals surface area contributed by atoms with E-state index in [1.807, 2.05) is 18.3 Å². The number of hydrogen-bond acceptors (Lipinski definition) is 6. The maximum atomic E-state index is 9.96. The molecule has 2 aromatic heterocycles. The number of hydrogen-bond donors (Lipinski definition) is 2. The summed E-state index contributed by atoms with van der Waals surface area (Å²) in [6.45, 7) is 0. The van der Waals surface area contributed by atoms with Gasteiger partial charge in [0, 0.05) is 19.4 Å². The molecule has 96 valence electrons. The molecule has 7 heteroatoms. The third-order valence-corrected chi connectivity index (χ3v) is 3.59. The topological polar surface area (TPSA) is 75.9 Å². The summed E-state index contributed by atoms with van der Waals surface area (Å²) < 4.78 is 1.73. The van der Waals surface area contributed by atoms with Gasteiger partial charge >= 0.3 is 0 Å². The van der Waals surface area contributed by atoms with Crippen molar-refractivity contribution >= 4 is 16.5 Å². The first-order valence-electron chi connectivity index (χ1n) is 5.62. The second-order valence-corrected chi connectivity index (χ2v) is 4.79. The monoisotopic (exact) mass is 273 g/mol. The van der Waals surface area contributed by atoms with Gasteiger partial charge in [-0.25, -0.2) is 4.68 Å². The molecule has 0 bridgehead atoms. The van der Waals surface area contributed by atoms with Gasteiger partial charge in [-0.1, -0.05) is 11.3 Å². The molecular weight excluding hydrogens is 262 g/mol. The number of benzene rings is 1. The van der Waals surface area contributed by atoms with E-state index < -0.39 is 0 Å². The number of aromatic hydroxyl groups is 1. The molecule has 0 unspecified atom stereocenters. The van der Waals surface area contributed by atoms with E-state index in [1.165, 1.54) is 11.3 Å². The van der Waals surface area contributed by atoms with E-state index in [4.69, 9.17) is 0 Å². The van der Waals surface area contributed by atoms with Crippen LogP contribution in [0.4, 0.5) is 5.13 Å². The zero-order chi connectivity index (χ0) is 13.2. The predicted molar refractivity (Wildman–Crippen MR) is 73.7 cm³/mol. The molecule has 0 radical (unpaired) electrons. The zero-order valence-corrected chi connectivity index (χ0v) is 10.9. The number of phenolic OH excluding ortho intramolecular Hbond substituents is 1. The van der Waals surface area contributed by atoms with Crippen molar-refractivity contribution in [1.29, 1.82) is 0 Å². The first-order chi connectivity index (χ1) is 9.28. The summed E-state index contributed by atoms with van der Waals surface area (Å²) >= 11 is 1.38. The van der Waals surface area contributed by atoms with Crippen LogP contribution in [0.15, 0.2) is 36.7 Å². The average molecular weight is 273 g/mol. The quantitative estimate of drug-likeness (QED) is 0.764. The van der Waals surface area contributed by atoms with Gasteiger partial charge in [-0.15, -0.1) is 10.2 Å². The fraction of sp³-hybridized carbons (Fsp3) is 0.0833. The first kappa shape index (κ1) is 11.7. The van der Waals surface area contributed by atoms with E-state index >= 15 is 0 Å². The van der Waals surface area contributed by atoms with E-state index in [0.29, 0.717) is 15.7 Å². The number of rotatable bonds is 3. The smallest absolute Gasteiger partial charge is 0.205 e. The van der Waals surface area contributed by atoms with Crippen molar-refractivity contribution < 1.29 is 5.11 Å². The van der Waals surface area contributed by atoms with Crippen LogP contribution in [0.25, 0.3) is 16.3 Å². The molecule has 2 heterocycles. The first-order valence-corrected chi connectivity index (χ1v) is 6.44. The van der Waals surface area contributed by atoms with Crippen molar-refractivity contribution in [3.05, 3.63) is 36.7 Å². The zero-order valence-electron chi connectivity index (χ0n) is 10.1. The summed E-state index contributed by atoms with van der Waals surface area (Å²) in [6.07, 6.45) is 3.55. The third-order valence-electron chi connectivity index (χ3n) is 2.62. The lowest BCUT2D eigenvalue weighted by atomic mass is 10.2. The van der Waals surface area contributed by atoms with E-state index in [1.54, 1.807) is 30.1 Å². The van der Waals surface area contributed by atoms with Gasteiger partial charge in [-0.2, -0.15) is 5.10 Å². The van der Waals surface area contributed by atoms with Gasteiger partial charge in [-0.3, -0.25) is 0 Å². The van der Waals surface area contributed by atoms with Crippen LogP contribution in [0.1, 0.15) is 0 Å². The summed E-state index contributed by atoms with van der Waals surface area (Å²) in [5, 5.41) is 26.4. The summed E-state index contributed by atoms with van der Waals surface area (Å²) in [4.78, 5) is 0. The van der Waals surface area contributed by atoms with Crippen molar-refractivity contribution in [2.24, 2.45) is 0 Å². The Labute approximate surface area is 113 Å². The SMILES string of the molecule is CNc1nnc(-c2cc(-n3cccn3)ccc2O)s1. The number of nitrogens with one attached hydrogen (secondary N) is 1. The number of anilines is 1. The van der Waals surface area contributed by atoms with Gasteiger partial charge in [-0.05, 0) is 24.3 Å². The van der Waals surface area contributed by atoms with Crippen molar-refractivity contribution in [2.45, 2.75) is 0 Å². The van der Waals surface area contributed by atoms with Crippen LogP contribution in [0.3, 0.4) is 0 Å². The maximum Gasteiger partial charge on any atom is 0.205 e. The molecule has 0 spiro atoms. The normalized spacial score (nSPS) is 10.6. The Morgan fingerprint density at radius 3 is 2.89 bits per heavy atom.